The van der Waals surface area contributed by atoms with E-state index in [1.165, 1.54) is 6.42 Å². The number of nitrogens with one attached hydrogen (secondary N) is 1. The number of hydrogen-bond acceptors (Lipinski definition) is 4. The highest BCUT2D eigenvalue weighted by atomic mass is 16.5. The largest absolute Gasteiger partial charge is 0.364 e. The molecular weight excluding hydrogens is 360 g/mol. The number of carbonyl (C=O) groups excluding carboxylic acids is 3. The van der Waals surface area contributed by atoms with Gasteiger partial charge in [-0.05, 0) is 12.8 Å². The van der Waals surface area contributed by atoms with E-state index in [-0.39, 0.29) is 43.1 Å². The third-order valence-corrected chi connectivity index (χ3v) is 6.40. The van der Waals surface area contributed by atoms with E-state index < -0.39 is 12.1 Å². The fraction of sp³-hybridized carbons (Fsp3) is 0.750. The van der Waals surface area contributed by atoms with Crippen molar-refractivity contribution in [2.45, 2.75) is 62.8 Å². The molecule has 4 amide bonds. The van der Waals surface area contributed by atoms with Crippen molar-refractivity contribution in [2.75, 3.05) is 32.8 Å². The molecule has 4 aliphatic rings. The summed E-state index contributed by atoms with van der Waals surface area (Å²) in [5, 5.41) is 3.11. The third kappa shape index (κ3) is 3.55. The van der Waals surface area contributed by atoms with Gasteiger partial charge in [-0.15, -0.1) is 6.42 Å². The maximum atomic E-state index is 13.0. The molecule has 0 aromatic carbocycles. The maximum Gasteiger partial charge on any atom is 0.317 e. The number of carbonyl (C=O) groups is 3. The van der Waals surface area contributed by atoms with Crippen molar-refractivity contribution in [1.29, 1.82) is 0 Å². The van der Waals surface area contributed by atoms with Crippen LogP contribution in [0.1, 0.15) is 38.5 Å². The lowest BCUT2D eigenvalue weighted by Gasteiger charge is -2.47. The molecule has 3 aliphatic heterocycles. The van der Waals surface area contributed by atoms with E-state index in [2.05, 4.69) is 11.2 Å². The molecule has 3 atom stereocenters. The van der Waals surface area contributed by atoms with Crippen LogP contribution < -0.4 is 5.32 Å². The summed E-state index contributed by atoms with van der Waals surface area (Å²) < 4.78 is 5.56. The number of piperazine rings is 2. The summed E-state index contributed by atoms with van der Waals surface area (Å²) in [6, 6.07) is -0.958. The zero-order valence-electron chi connectivity index (χ0n) is 16.1. The number of urea groups is 1. The van der Waals surface area contributed by atoms with Crippen molar-refractivity contribution >= 4 is 17.8 Å². The molecule has 3 saturated heterocycles. The highest BCUT2D eigenvalue weighted by molar-refractivity contribution is 5.98. The molecule has 4 fully saturated rings. The first kappa shape index (κ1) is 19.1. The van der Waals surface area contributed by atoms with Crippen LogP contribution in [0.3, 0.4) is 0 Å². The maximum absolute atomic E-state index is 13.0. The summed E-state index contributed by atoms with van der Waals surface area (Å²) in [5.41, 5.74) is 0. The Labute approximate surface area is 165 Å². The van der Waals surface area contributed by atoms with Crippen LogP contribution in [0, 0.1) is 12.3 Å². The Balaban J connectivity index is 1.39. The van der Waals surface area contributed by atoms with Crippen molar-refractivity contribution < 1.29 is 19.1 Å². The lowest BCUT2D eigenvalue weighted by Crippen LogP contribution is -2.69. The van der Waals surface area contributed by atoms with Gasteiger partial charge < -0.3 is 24.8 Å². The molecule has 1 aliphatic carbocycles. The Morgan fingerprint density at radius 2 is 1.82 bits per heavy atom. The summed E-state index contributed by atoms with van der Waals surface area (Å²) in [6.07, 6.45) is 11.1. The number of terminal acetylenes is 1. The monoisotopic (exact) mass is 388 g/mol. The summed E-state index contributed by atoms with van der Waals surface area (Å²) in [4.78, 5) is 43.6. The van der Waals surface area contributed by atoms with Crippen LogP contribution in [0.5, 0.6) is 0 Å². The van der Waals surface area contributed by atoms with Gasteiger partial charge in [-0.2, -0.15) is 0 Å². The average molecular weight is 388 g/mol. The summed E-state index contributed by atoms with van der Waals surface area (Å²) >= 11 is 0. The molecular formula is C20H28N4O4. The molecule has 1 saturated carbocycles. The van der Waals surface area contributed by atoms with E-state index in [0.29, 0.717) is 26.1 Å². The minimum atomic E-state index is -0.596. The van der Waals surface area contributed by atoms with Crippen molar-refractivity contribution in [3.05, 3.63) is 0 Å². The lowest BCUT2D eigenvalue weighted by atomic mass is 9.95. The minimum Gasteiger partial charge on any atom is -0.364 e. The zero-order valence-corrected chi connectivity index (χ0v) is 16.1. The molecule has 0 radical (unpaired) electrons. The van der Waals surface area contributed by atoms with E-state index in [0.717, 1.165) is 25.7 Å². The number of ether oxygens (including phenoxy) is 1. The molecule has 0 unspecified atom stereocenters. The number of rotatable bonds is 3. The lowest BCUT2D eigenvalue weighted by molar-refractivity contribution is -0.162. The van der Waals surface area contributed by atoms with Gasteiger partial charge in [0.1, 0.15) is 18.7 Å². The Kier molecular flexibility index (Phi) is 5.44. The quantitative estimate of drug-likeness (QED) is 0.699. The van der Waals surface area contributed by atoms with Crippen molar-refractivity contribution in [1.82, 2.24) is 20.0 Å². The van der Waals surface area contributed by atoms with Gasteiger partial charge in [0.25, 0.3) is 0 Å². The molecule has 0 bridgehead atoms. The van der Waals surface area contributed by atoms with Gasteiger partial charge in [0, 0.05) is 32.1 Å². The topological polar surface area (TPSA) is 82.2 Å². The highest BCUT2D eigenvalue weighted by Crippen LogP contribution is 2.30. The van der Waals surface area contributed by atoms with E-state index in [4.69, 9.17) is 11.2 Å². The summed E-state index contributed by atoms with van der Waals surface area (Å²) in [7, 11) is 0. The fourth-order valence-corrected chi connectivity index (χ4v) is 4.90. The van der Waals surface area contributed by atoms with Crippen LogP contribution in [0.15, 0.2) is 0 Å². The number of nitrogens with zero attached hydrogens (tertiary/aromatic N) is 3. The van der Waals surface area contributed by atoms with Gasteiger partial charge >= 0.3 is 6.03 Å². The van der Waals surface area contributed by atoms with Gasteiger partial charge in [-0.3, -0.25) is 9.59 Å². The minimum absolute atomic E-state index is 0.0382. The Bertz CT molecular complexity index is 684. The van der Waals surface area contributed by atoms with E-state index >= 15 is 0 Å². The molecule has 8 heteroatoms. The second-order valence-corrected chi connectivity index (χ2v) is 8.16. The first-order valence-electron chi connectivity index (χ1n) is 10.3. The predicted octanol–water partition coefficient (Wildman–Crippen LogP) is 0.174. The molecule has 4 rings (SSSR count). The van der Waals surface area contributed by atoms with Crippen molar-refractivity contribution in [2.24, 2.45) is 0 Å². The molecule has 0 spiro atoms. The Morgan fingerprint density at radius 3 is 2.57 bits per heavy atom. The fourth-order valence-electron chi connectivity index (χ4n) is 4.90. The van der Waals surface area contributed by atoms with Crippen molar-refractivity contribution in [3.63, 3.8) is 0 Å². The second-order valence-electron chi connectivity index (χ2n) is 8.16. The normalized spacial score (nSPS) is 30.7. The first-order valence-corrected chi connectivity index (χ1v) is 10.3. The van der Waals surface area contributed by atoms with Crippen LogP contribution in [0.4, 0.5) is 4.79 Å². The molecule has 152 valence electrons. The standard InChI is InChI=1S/C20H28N4O4/c1-2-10-28-15-11-16-18(25)23-9-8-22(13-17(23)19(26)24(16)12-15)20(27)21-14-6-4-3-5-7-14/h1,14-17H,3-13H2,(H,21,27)/t15-,16+,17+/m1/s1. The first-order chi connectivity index (χ1) is 13.6. The van der Waals surface area contributed by atoms with Crippen LogP contribution >= 0.6 is 0 Å². The SMILES string of the molecule is C#CCO[C@@H]1C[C@H]2C(=O)N3CCN(C(=O)NC4CCCCC4)C[C@H]3C(=O)N2C1. The third-order valence-electron chi connectivity index (χ3n) is 6.40. The molecule has 3 heterocycles. The predicted molar refractivity (Wildman–Crippen MR) is 101 cm³/mol. The van der Waals surface area contributed by atoms with Gasteiger partial charge in [0.05, 0.1) is 12.6 Å². The van der Waals surface area contributed by atoms with E-state index in [1.807, 2.05) is 0 Å². The zero-order chi connectivity index (χ0) is 19.7. The average Bonchev–Trinajstić information content (AvgIpc) is 3.15. The van der Waals surface area contributed by atoms with Crippen LogP contribution in [-0.2, 0) is 14.3 Å². The molecule has 0 aromatic rings. The van der Waals surface area contributed by atoms with E-state index in [1.54, 1.807) is 14.7 Å². The summed E-state index contributed by atoms with van der Waals surface area (Å²) in [6.45, 7) is 1.67. The highest BCUT2D eigenvalue weighted by Gasteiger charge is 2.52. The second kappa shape index (κ2) is 8.00. The number of amides is 4. The number of hydrogen-bond donors (Lipinski definition) is 1. The van der Waals surface area contributed by atoms with Gasteiger partial charge in [0.2, 0.25) is 11.8 Å². The molecule has 1 N–H and O–H groups in total. The van der Waals surface area contributed by atoms with E-state index in [9.17, 15) is 14.4 Å². The van der Waals surface area contributed by atoms with Gasteiger partial charge in [0.15, 0.2) is 0 Å². The summed E-state index contributed by atoms with van der Waals surface area (Å²) in [5.74, 6) is 2.30. The van der Waals surface area contributed by atoms with Crippen molar-refractivity contribution in [3.8, 4) is 12.3 Å². The van der Waals surface area contributed by atoms with Crippen LogP contribution in [0.2, 0.25) is 0 Å². The smallest absolute Gasteiger partial charge is 0.317 e. The van der Waals surface area contributed by atoms with Crippen LogP contribution in [-0.4, -0.2) is 89.6 Å². The van der Waals surface area contributed by atoms with Crippen LogP contribution in [0.25, 0.3) is 0 Å². The molecule has 0 aromatic heterocycles. The molecule has 8 nitrogen and oxygen atoms in total. The number of fused-ring (bicyclic) bond motifs is 2. The van der Waals surface area contributed by atoms with Gasteiger partial charge in [-0.25, -0.2) is 4.79 Å². The Hall–Kier alpha value is -2.27. The Morgan fingerprint density at radius 1 is 1.07 bits per heavy atom. The molecule has 28 heavy (non-hydrogen) atoms. The van der Waals surface area contributed by atoms with Gasteiger partial charge in [-0.1, -0.05) is 25.2 Å².